The van der Waals surface area contributed by atoms with Gasteiger partial charge in [0.15, 0.2) is 11.5 Å². The van der Waals surface area contributed by atoms with Crippen LogP contribution in [0.4, 0.5) is 49.7 Å². The average Bonchev–Trinajstić information content (AvgIpc) is 3.85. The van der Waals surface area contributed by atoms with Crippen molar-refractivity contribution in [3.8, 4) is 23.0 Å². The lowest BCUT2D eigenvalue weighted by Gasteiger charge is -2.23. The summed E-state index contributed by atoms with van der Waals surface area (Å²) >= 11 is 6.58. The van der Waals surface area contributed by atoms with Gasteiger partial charge in [-0.25, -0.2) is 22.3 Å². The van der Waals surface area contributed by atoms with E-state index in [4.69, 9.17) is 11.6 Å². The molecule has 24 heteroatoms. The summed E-state index contributed by atoms with van der Waals surface area (Å²) in [6, 6.07) is 5.65. The van der Waals surface area contributed by atoms with Gasteiger partial charge in [0, 0.05) is 59.4 Å². The van der Waals surface area contributed by atoms with Gasteiger partial charge in [0.05, 0.1) is 27.7 Å². The Hall–Kier alpha value is -5.34. The summed E-state index contributed by atoms with van der Waals surface area (Å²) in [4.78, 5) is 31.3. The number of carbonyl (C=O) groups excluding carboxylic acids is 2. The van der Waals surface area contributed by atoms with E-state index in [1.54, 1.807) is 13.8 Å². The number of anilines is 1. The number of rotatable bonds is 11. The number of amides is 2. The number of pyridine rings is 1. The van der Waals surface area contributed by atoms with Crippen molar-refractivity contribution >= 4 is 61.9 Å². The van der Waals surface area contributed by atoms with E-state index in [0.29, 0.717) is 15.1 Å². The van der Waals surface area contributed by atoms with Crippen LogP contribution in [0.3, 0.4) is 0 Å². The van der Waals surface area contributed by atoms with E-state index < -0.39 is 135 Å². The molecule has 356 valence electrons. The van der Waals surface area contributed by atoms with Gasteiger partial charge < -0.3 is 5.32 Å². The van der Waals surface area contributed by atoms with Gasteiger partial charge in [-0.15, -0.1) is 0 Å². The lowest BCUT2D eigenvalue weighted by atomic mass is 9.93. The van der Waals surface area contributed by atoms with Crippen LogP contribution in [0.15, 0.2) is 42.5 Å². The van der Waals surface area contributed by atoms with E-state index in [0.717, 1.165) is 25.3 Å². The molecule has 1 N–H and O–H groups in total. The summed E-state index contributed by atoms with van der Waals surface area (Å²) in [6.45, 7) is 5.04. The maximum atomic E-state index is 15.1. The van der Waals surface area contributed by atoms with Gasteiger partial charge in [-0.05, 0) is 68.5 Å². The topological polar surface area (TPSA) is 132 Å². The number of nitrogens with one attached hydrogen (secondary N) is 1. The Morgan fingerprint density at radius 3 is 2.14 bits per heavy atom. The zero-order valence-corrected chi connectivity index (χ0v) is 38.3. The zero-order valence-electron chi connectivity index (χ0n) is 35.9. The molecule has 0 aliphatic heterocycles. The molecule has 3 heterocycles. The number of carbonyl (C=O) groups is 2. The van der Waals surface area contributed by atoms with E-state index in [2.05, 4.69) is 32.3 Å². The van der Waals surface area contributed by atoms with Crippen molar-refractivity contribution in [1.82, 2.24) is 29.9 Å². The van der Waals surface area contributed by atoms with Crippen LogP contribution in [-0.2, 0) is 69.4 Å². The van der Waals surface area contributed by atoms with Crippen LogP contribution in [0.5, 0.6) is 0 Å². The largest absolute Gasteiger partial charge is 0.435 e. The number of fused-ring (bicyclic) bond motifs is 2. The first-order valence-corrected chi connectivity index (χ1v) is 23.1. The van der Waals surface area contributed by atoms with Crippen molar-refractivity contribution in [2.24, 2.45) is 0 Å². The predicted molar refractivity (Wildman–Crippen MR) is 228 cm³/mol. The Morgan fingerprint density at radius 1 is 0.955 bits per heavy atom. The molecule has 1 aliphatic rings. The van der Waals surface area contributed by atoms with Crippen LogP contribution in [-0.4, -0.2) is 68.2 Å². The lowest BCUT2D eigenvalue weighted by molar-refractivity contribution is -0.143. The molecule has 1 aliphatic carbocycles. The van der Waals surface area contributed by atoms with Crippen LogP contribution < -0.4 is 9.62 Å². The molecule has 0 bridgehead atoms. The van der Waals surface area contributed by atoms with Gasteiger partial charge in [0.25, 0.3) is 5.92 Å². The number of hydrogen-bond donors (Lipinski definition) is 1. The van der Waals surface area contributed by atoms with Gasteiger partial charge in [-0.3, -0.25) is 23.2 Å². The molecule has 11 nitrogen and oxygen atoms in total. The number of hydrogen-bond acceptors (Lipinski definition) is 7. The summed E-state index contributed by atoms with van der Waals surface area (Å²) in [5.74, 6) is -3.12. The van der Waals surface area contributed by atoms with Gasteiger partial charge in [0.1, 0.15) is 51.8 Å². The van der Waals surface area contributed by atoms with Crippen LogP contribution in [0.25, 0.3) is 22.0 Å². The number of alkyl halides is 8. The Balaban J connectivity index is 0.00000403. The predicted octanol–water partition coefficient (Wildman–Crippen LogP) is 9.13. The molecule has 0 saturated carbocycles. The van der Waals surface area contributed by atoms with Crippen molar-refractivity contribution < 1.29 is 61.9 Å². The average molecular weight is 996 g/mol. The van der Waals surface area contributed by atoms with Crippen molar-refractivity contribution in [3.05, 3.63) is 93.0 Å². The molecule has 2 amide bonds. The molecule has 3 aromatic heterocycles. The first-order chi connectivity index (χ1) is 30.6. The molecule has 3 atom stereocenters. The SMILES string of the molecule is CC.CC(=O)N(c1nn(CC(F)(F)F)c2c(-c3ccc(C#CC(C)(C)S(C)=O)nc3C(Cc3cc(F)cc(F)c3)NC(=O)Cn3nc(C(F)(F)F)c4c3C(F)(F)CC4)ccc(Cl)c12)S(C)=O. The second kappa shape index (κ2) is 19.5. The van der Waals surface area contributed by atoms with Crippen molar-refractivity contribution in [3.63, 3.8) is 0 Å². The third-order valence-electron chi connectivity index (χ3n) is 9.99. The standard InChI is InChI=1S/C40H34ClF10N7O4S2.C2H6/c1-20(59)58(64(5)62)36-31-28(41)9-8-26(33(31)57(55-36)19-39(46,47)48)25-7-6-24(10-12-37(2,3)63(4)61)52-32(25)29(16-21-14-22(42)17-23(43)15-21)53-30(60)18-56-35-27(11-13-38(35,44)45)34(54-56)40(49,50)51;1-2/h6-9,14-15,17,29H,11,13,16,18-19H2,1-5H3,(H,53,60);1-2H3. The molecule has 6 rings (SSSR count). The maximum Gasteiger partial charge on any atom is 0.435 e. The molecule has 0 spiro atoms. The molecule has 0 fully saturated rings. The Labute approximate surface area is 381 Å². The van der Waals surface area contributed by atoms with Gasteiger partial charge in [-0.1, -0.05) is 37.4 Å². The number of benzene rings is 2. The third-order valence-corrected chi connectivity index (χ3v) is 12.8. The molecular formula is C42H40ClF10N7O4S2. The fraction of sp³-hybridized carbons (Fsp3) is 0.405. The molecule has 2 aromatic carbocycles. The third kappa shape index (κ3) is 11.3. The second-order valence-corrected chi connectivity index (χ2v) is 18.7. The smallest absolute Gasteiger partial charge is 0.346 e. The highest BCUT2D eigenvalue weighted by Gasteiger charge is 2.50. The molecule has 0 radical (unpaired) electrons. The quantitative estimate of drug-likeness (QED) is 0.103. The molecular weight excluding hydrogens is 956 g/mol. The Morgan fingerprint density at radius 2 is 1.58 bits per heavy atom. The van der Waals surface area contributed by atoms with Gasteiger partial charge in [-0.2, -0.15) is 45.3 Å². The molecule has 0 saturated heterocycles. The van der Waals surface area contributed by atoms with Gasteiger partial charge >= 0.3 is 12.4 Å². The zero-order chi connectivity index (χ0) is 49.4. The monoisotopic (exact) mass is 995 g/mol. The molecule has 66 heavy (non-hydrogen) atoms. The summed E-state index contributed by atoms with van der Waals surface area (Å²) in [5.41, 5.74) is -4.86. The van der Waals surface area contributed by atoms with Crippen molar-refractivity contribution in [2.75, 3.05) is 16.8 Å². The fourth-order valence-corrected chi connectivity index (χ4v) is 8.29. The summed E-state index contributed by atoms with van der Waals surface area (Å²) < 4.78 is 169. The van der Waals surface area contributed by atoms with Gasteiger partial charge in [0.2, 0.25) is 11.8 Å². The van der Waals surface area contributed by atoms with Crippen LogP contribution in [0.1, 0.15) is 81.0 Å². The normalized spacial score (nSPS) is 14.9. The van der Waals surface area contributed by atoms with Crippen LogP contribution in [0.2, 0.25) is 5.02 Å². The van der Waals surface area contributed by atoms with E-state index in [1.165, 1.54) is 30.5 Å². The summed E-state index contributed by atoms with van der Waals surface area (Å²) in [5, 5.41) is 9.26. The summed E-state index contributed by atoms with van der Waals surface area (Å²) in [7, 11) is -3.73. The van der Waals surface area contributed by atoms with E-state index in [-0.39, 0.29) is 43.2 Å². The fourth-order valence-electron chi connectivity index (χ4n) is 7.13. The number of halogens is 11. The minimum atomic E-state index is -5.18. The Kier molecular flexibility index (Phi) is 15.2. The van der Waals surface area contributed by atoms with Crippen LogP contribution in [0, 0.1) is 23.5 Å². The Bertz CT molecular complexity index is 2780. The van der Waals surface area contributed by atoms with E-state index in [9.17, 15) is 53.1 Å². The minimum Gasteiger partial charge on any atom is -0.346 e. The minimum absolute atomic E-state index is 0.111. The molecule has 3 unspecified atom stereocenters. The second-order valence-electron chi connectivity index (χ2n) is 15.1. The lowest BCUT2D eigenvalue weighted by Crippen LogP contribution is -2.35. The number of nitrogens with zero attached hydrogens (tertiary/aromatic N) is 6. The first-order valence-electron chi connectivity index (χ1n) is 19.7. The maximum absolute atomic E-state index is 15.1. The van der Waals surface area contributed by atoms with E-state index >= 15 is 8.78 Å². The van der Waals surface area contributed by atoms with Crippen LogP contribution >= 0.6 is 11.6 Å². The highest BCUT2D eigenvalue weighted by molar-refractivity contribution is 7.86. The highest BCUT2D eigenvalue weighted by atomic mass is 35.5. The van der Waals surface area contributed by atoms with Crippen molar-refractivity contribution in [2.45, 2.75) is 96.0 Å². The summed E-state index contributed by atoms with van der Waals surface area (Å²) in [6.07, 6.45) is -9.99. The van der Waals surface area contributed by atoms with E-state index in [1.807, 2.05) is 13.8 Å². The number of aromatic nitrogens is 5. The molecule has 5 aromatic rings. The highest BCUT2D eigenvalue weighted by Crippen LogP contribution is 2.47. The first kappa shape index (κ1) is 51.6. The van der Waals surface area contributed by atoms with Crippen molar-refractivity contribution in [1.29, 1.82) is 0 Å².